The van der Waals surface area contributed by atoms with Crippen molar-refractivity contribution in [2.24, 2.45) is 0 Å². The molecule has 1 aromatic rings. The second kappa shape index (κ2) is 7.25. The van der Waals surface area contributed by atoms with Crippen LogP contribution in [0.1, 0.15) is 43.4 Å². The van der Waals surface area contributed by atoms with E-state index in [1.165, 1.54) is 11.1 Å². The molecule has 2 unspecified atom stereocenters. The van der Waals surface area contributed by atoms with Gasteiger partial charge < -0.3 is 15.0 Å². The minimum atomic E-state index is 0.164. The van der Waals surface area contributed by atoms with Crippen LogP contribution in [-0.4, -0.2) is 43.2 Å². The van der Waals surface area contributed by atoms with Gasteiger partial charge in [0.15, 0.2) is 0 Å². The van der Waals surface area contributed by atoms with E-state index in [4.69, 9.17) is 4.74 Å². The number of carbonyl (C=O) groups is 1. The summed E-state index contributed by atoms with van der Waals surface area (Å²) in [5.74, 6) is 0.256. The van der Waals surface area contributed by atoms with Crippen molar-refractivity contribution in [2.45, 2.75) is 44.7 Å². The molecule has 1 N–H and O–H groups in total. The van der Waals surface area contributed by atoms with Gasteiger partial charge in [0.1, 0.15) is 0 Å². The van der Waals surface area contributed by atoms with Crippen molar-refractivity contribution in [2.75, 3.05) is 26.3 Å². The second-order valence-electron chi connectivity index (χ2n) is 6.27. The summed E-state index contributed by atoms with van der Waals surface area (Å²) < 4.78 is 5.47. The van der Waals surface area contributed by atoms with Gasteiger partial charge in [-0.05, 0) is 30.4 Å². The fourth-order valence-electron chi connectivity index (χ4n) is 3.63. The molecule has 1 aliphatic carbocycles. The van der Waals surface area contributed by atoms with Gasteiger partial charge in [-0.15, -0.1) is 0 Å². The van der Waals surface area contributed by atoms with Gasteiger partial charge in [0, 0.05) is 25.6 Å². The Balaban J connectivity index is 1.71. The van der Waals surface area contributed by atoms with Gasteiger partial charge in [-0.3, -0.25) is 4.79 Å². The highest BCUT2D eigenvalue weighted by atomic mass is 16.5. The van der Waals surface area contributed by atoms with Crippen LogP contribution in [0.5, 0.6) is 0 Å². The quantitative estimate of drug-likeness (QED) is 0.907. The lowest BCUT2D eigenvalue weighted by molar-refractivity contribution is -0.135. The van der Waals surface area contributed by atoms with Crippen LogP contribution in [0.15, 0.2) is 24.3 Å². The summed E-state index contributed by atoms with van der Waals surface area (Å²) in [5, 5.41) is 3.38. The molecular weight excluding hydrogens is 276 g/mol. The van der Waals surface area contributed by atoms with Crippen LogP contribution in [0.3, 0.4) is 0 Å². The maximum atomic E-state index is 12.8. The molecule has 0 spiro atoms. The summed E-state index contributed by atoms with van der Waals surface area (Å²) in [7, 11) is 0. The first-order valence-electron chi connectivity index (χ1n) is 8.48. The Morgan fingerprint density at radius 3 is 3.05 bits per heavy atom. The Labute approximate surface area is 132 Å². The molecule has 0 saturated carbocycles. The predicted molar refractivity (Wildman–Crippen MR) is 86.7 cm³/mol. The standard InChI is InChI=1S/C18H26N2O2/c1-2-10-20(18(21)12-15-13-22-11-9-19-15)17-8-7-14-5-3-4-6-16(14)17/h3-6,15,17,19H,2,7-13H2,1H3. The molecule has 3 rings (SSSR count). The lowest BCUT2D eigenvalue weighted by atomic mass is 10.1. The minimum absolute atomic E-state index is 0.164. The summed E-state index contributed by atoms with van der Waals surface area (Å²) in [6, 6.07) is 8.98. The first kappa shape index (κ1) is 15.5. The lowest BCUT2D eigenvalue weighted by Gasteiger charge is -2.32. The van der Waals surface area contributed by atoms with E-state index in [9.17, 15) is 4.79 Å². The SMILES string of the molecule is CCCN(C(=O)CC1COCCN1)C1CCc2ccccc21. The zero-order valence-electron chi connectivity index (χ0n) is 13.4. The van der Waals surface area contributed by atoms with Gasteiger partial charge in [0.2, 0.25) is 5.91 Å². The number of ether oxygens (including phenoxy) is 1. The number of morpholine rings is 1. The van der Waals surface area contributed by atoms with Crippen molar-refractivity contribution in [3.63, 3.8) is 0 Å². The monoisotopic (exact) mass is 302 g/mol. The predicted octanol–water partition coefficient (Wildman–Crippen LogP) is 2.29. The Hall–Kier alpha value is -1.39. The molecule has 1 heterocycles. The van der Waals surface area contributed by atoms with Crippen LogP contribution in [0.4, 0.5) is 0 Å². The van der Waals surface area contributed by atoms with Crippen LogP contribution in [0, 0.1) is 0 Å². The van der Waals surface area contributed by atoms with Crippen molar-refractivity contribution in [3.05, 3.63) is 35.4 Å². The lowest BCUT2D eigenvalue weighted by Crippen LogP contribution is -2.45. The average molecular weight is 302 g/mol. The number of hydrogen-bond acceptors (Lipinski definition) is 3. The Kier molecular flexibility index (Phi) is 5.11. The van der Waals surface area contributed by atoms with Crippen molar-refractivity contribution < 1.29 is 9.53 Å². The van der Waals surface area contributed by atoms with Gasteiger partial charge in [0.05, 0.1) is 19.3 Å². The van der Waals surface area contributed by atoms with Gasteiger partial charge in [-0.1, -0.05) is 31.2 Å². The van der Waals surface area contributed by atoms with Crippen molar-refractivity contribution >= 4 is 5.91 Å². The van der Waals surface area contributed by atoms with E-state index < -0.39 is 0 Å². The second-order valence-corrected chi connectivity index (χ2v) is 6.27. The number of nitrogens with zero attached hydrogens (tertiary/aromatic N) is 1. The van der Waals surface area contributed by atoms with Gasteiger partial charge in [-0.25, -0.2) is 0 Å². The molecule has 0 aromatic heterocycles. The largest absolute Gasteiger partial charge is 0.378 e. The molecule has 1 fully saturated rings. The van der Waals surface area contributed by atoms with E-state index in [1.807, 2.05) is 0 Å². The molecular formula is C18H26N2O2. The third-order valence-corrected chi connectivity index (χ3v) is 4.68. The molecule has 0 bridgehead atoms. The number of hydrogen-bond donors (Lipinski definition) is 1. The summed E-state index contributed by atoms with van der Waals surface area (Å²) in [6.45, 7) is 5.22. The maximum absolute atomic E-state index is 12.8. The molecule has 4 nitrogen and oxygen atoms in total. The van der Waals surface area contributed by atoms with Crippen molar-refractivity contribution in [1.29, 1.82) is 0 Å². The zero-order chi connectivity index (χ0) is 15.4. The van der Waals surface area contributed by atoms with Crippen LogP contribution in [-0.2, 0) is 16.0 Å². The first-order valence-corrected chi connectivity index (χ1v) is 8.48. The van der Waals surface area contributed by atoms with E-state index in [-0.39, 0.29) is 18.0 Å². The highest BCUT2D eigenvalue weighted by Crippen LogP contribution is 2.36. The Morgan fingerprint density at radius 1 is 1.41 bits per heavy atom. The molecule has 1 aliphatic heterocycles. The Morgan fingerprint density at radius 2 is 2.27 bits per heavy atom. The van der Waals surface area contributed by atoms with Crippen LogP contribution in [0.25, 0.3) is 0 Å². The van der Waals surface area contributed by atoms with Crippen LogP contribution in [0.2, 0.25) is 0 Å². The number of amides is 1. The highest BCUT2D eigenvalue weighted by Gasteiger charge is 2.31. The molecule has 4 heteroatoms. The van der Waals surface area contributed by atoms with E-state index in [2.05, 4.69) is 41.4 Å². The van der Waals surface area contributed by atoms with E-state index in [1.54, 1.807) is 0 Å². The normalized spacial score (nSPS) is 24.0. The average Bonchev–Trinajstić information content (AvgIpc) is 2.97. The maximum Gasteiger partial charge on any atom is 0.224 e. The summed E-state index contributed by atoms with van der Waals surface area (Å²) in [5.41, 5.74) is 2.75. The molecule has 120 valence electrons. The van der Waals surface area contributed by atoms with Gasteiger partial charge >= 0.3 is 0 Å². The van der Waals surface area contributed by atoms with E-state index in [0.717, 1.165) is 39.0 Å². The smallest absolute Gasteiger partial charge is 0.224 e. The molecule has 1 aromatic carbocycles. The summed E-state index contributed by atoms with van der Waals surface area (Å²) in [4.78, 5) is 14.9. The van der Waals surface area contributed by atoms with Gasteiger partial charge in [0.25, 0.3) is 0 Å². The molecule has 0 radical (unpaired) electrons. The molecule has 1 amide bonds. The number of aryl methyl sites for hydroxylation is 1. The first-order chi connectivity index (χ1) is 10.8. The molecule has 1 saturated heterocycles. The third-order valence-electron chi connectivity index (χ3n) is 4.68. The van der Waals surface area contributed by atoms with Crippen molar-refractivity contribution in [3.8, 4) is 0 Å². The van der Waals surface area contributed by atoms with Crippen molar-refractivity contribution in [1.82, 2.24) is 10.2 Å². The highest BCUT2D eigenvalue weighted by molar-refractivity contribution is 5.77. The minimum Gasteiger partial charge on any atom is -0.378 e. The third kappa shape index (κ3) is 3.33. The fraction of sp³-hybridized carbons (Fsp3) is 0.611. The van der Waals surface area contributed by atoms with E-state index >= 15 is 0 Å². The number of benzene rings is 1. The summed E-state index contributed by atoms with van der Waals surface area (Å²) >= 11 is 0. The number of nitrogens with one attached hydrogen (secondary N) is 1. The fourth-order valence-corrected chi connectivity index (χ4v) is 3.63. The van der Waals surface area contributed by atoms with Gasteiger partial charge in [-0.2, -0.15) is 0 Å². The molecule has 2 atom stereocenters. The zero-order valence-corrected chi connectivity index (χ0v) is 13.4. The molecule has 2 aliphatic rings. The number of rotatable bonds is 5. The topological polar surface area (TPSA) is 41.6 Å². The Bertz CT molecular complexity index is 512. The van der Waals surface area contributed by atoms with Crippen LogP contribution < -0.4 is 5.32 Å². The summed E-state index contributed by atoms with van der Waals surface area (Å²) in [6.07, 6.45) is 3.68. The van der Waals surface area contributed by atoms with E-state index in [0.29, 0.717) is 13.0 Å². The molecule has 22 heavy (non-hydrogen) atoms. The number of fused-ring (bicyclic) bond motifs is 1. The number of carbonyl (C=O) groups excluding carboxylic acids is 1. The van der Waals surface area contributed by atoms with Crippen LogP contribution >= 0.6 is 0 Å².